The summed E-state index contributed by atoms with van der Waals surface area (Å²) in [5.41, 5.74) is 6.72. The quantitative estimate of drug-likeness (QED) is 0.798. The summed E-state index contributed by atoms with van der Waals surface area (Å²) in [6, 6.07) is 6.73. The van der Waals surface area contributed by atoms with Crippen molar-refractivity contribution in [1.29, 1.82) is 0 Å². The topological polar surface area (TPSA) is 38.0 Å². The van der Waals surface area contributed by atoms with Crippen LogP contribution in [0.1, 0.15) is 26.3 Å². The number of nitrogens with one attached hydrogen (secondary N) is 1. The third-order valence-electron chi connectivity index (χ3n) is 3.09. The van der Waals surface area contributed by atoms with Gasteiger partial charge in [0, 0.05) is 12.0 Å². The highest BCUT2D eigenvalue weighted by Crippen LogP contribution is 2.22. The predicted octanol–water partition coefficient (Wildman–Crippen LogP) is 2.29. The second-order valence-corrected chi connectivity index (χ2v) is 5.36. The third kappa shape index (κ3) is 4.44. The molecular formula is C14H23FN2. The molecule has 17 heavy (non-hydrogen) atoms. The fourth-order valence-corrected chi connectivity index (χ4v) is 1.72. The van der Waals surface area contributed by atoms with Crippen LogP contribution in [0, 0.1) is 11.7 Å². The lowest BCUT2D eigenvalue weighted by Gasteiger charge is -2.26. The molecule has 0 aliphatic rings. The highest BCUT2D eigenvalue weighted by atomic mass is 19.1. The molecule has 1 unspecified atom stereocenters. The molecule has 3 N–H and O–H groups in total. The van der Waals surface area contributed by atoms with Crippen LogP contribution in [-0.4, -0.2) is 19.6 Å². The second-order valence-electron chi connectivity index (χ2n) is 5.36. The molecule has 1 rings (SSSR count). The van der Waals surface area contributed by atoms with Gasteiger partial charge in [-0.1, -0.05) is 32.9 Å². The van der Waals surface area contributed by atoms with Gasteiger partial charge in [0.15, 0.2) is 0 Å². The van der Waals surface area contributed by atoms with Crippen LogP contribution in [0.5, 0.6) is 0 Å². The molecule has 1 aromatic rings. The summed E-state index contributed by atoms with van der Waals surface area (Å²) in [5, 5.41) is 3.42. The van der Waals surface area contributed by atoms with E-state index in [9.17, 15) is 4.39 Å². The molecule has 1 atom stereocenters. The molecule has 0 aliphatic carbocycles. The standard InChI is InChI=1S/C14H23FN2/c1-11(8-16)9-17-10-14(2,3)12-4-6-13(15)7-5-12/h4-7,11,17H,8-10,16H2,1-3H3. The van der Waals surface area contributed by atoms with Crippen molar-refractivity contribution >= 4 is 0 Å². The van der Waals surface area contributed by atoms with Gasteiger partial charge in [-0.3, -0.25) is 0 Å². The number of nitrogens with two attached hydrogens (primary N) is 1. The molecule has 0 spiro atoms. The molecule has 0 fully saturated rings. The van der Waals surface area contributed by atoms with Gasteiger partial charge in [0.25, 0.3) is 0 Å². The minimum absolute atomic E-state index is 0.00200. The van der Waals surface area contributed by atoms with Crippen molar-refractivity contribution < 1.29 is 4.39 Å². The van der Waals surface area contributed by atoms with Gasteiger partial charge in [0.05, 0.1) is 0 Å². The van der Waals surface area contributed by atoms with Crippen molar-refractivity contribution in [2.45, 2.75) is 26.2 Å². The van der Waals surface area contributed by atoms with Gasteiger partial charge in [-0.2, -0.15) is 0 Å². The van der Waals surface area contributed by atoms with Crippen molar-refractivity contribution in [3.63, 3.8) is 0 Å². The normalized spacial score (nSPS) is 13.7. The first kappa shape index (κ1) is 14.1. The molecule has 0 amide bonds. The number of benzene rings is 1. The van der Waals surface area contributed by atoms with Crippen LogP contribution in [0.4, 0.5) is 4.39 Å². The van der Waals surface area contributed by atoms with E-state index in [0.29, 0.717) is 12.5 Å². The Balaban J connectivity index is 2.53. The first-order valence-electron chi connectivity index (χ1n) is 6.12. The van der Waals surface area contributed by atoms with Gasteiger partial charge in [0.2, 0.25) is 0 Å². The van der Waals surface area contributed by atoms with Crippen LogP contribution < -0.4 is 11.1 Å². The molecule has 0 saturated carbocycles. The maximum absolute atomic E-state index is 12.8. The molecule has 96 valence electrons. The van der Waals surface area contributed by atoms with E-state index >= 15 is 0 Å². The molecule has 0 aliphatic heterocycles. The maximum atomic E-state index is 12.8. The number of hydrogen-bond acceptors (Lipinski definition) is 2. The Morgan fingerprint density at radius 2 is 1.88 bits per heavy atom. The Hall–Kier alpha value is -0.930. The van der Waals surface area contributed by atoms with E-state index < -0.39 is 0 Å². The molecule has 0 heterocycles. The Kier molecular flexibility index (Phi) is 5.09. The first-order valence-corrected chi connectivity index (χ1v) is 6.12. The van der Waals surface area contributed by atoms with Gasteiger partial charge >= 0.3 is 0 Å². The van der Waals surface area contributed by atoms with Gasteiger partial charge in [0.1, 0.15) is 5.82 Å². The van der Waals surface area contributed by atoms with Crippen molar-refractivity contribution in [3.05, 3.63) is 35.6 Å². The van der Waals surface area contributed by atoms with Crippen LogP contribution in [0.25, 0.3) is 0 Å². The molecule has 0 saturated heterocycles. The fourth-order valence-electron chi connectivity index (χ4n) is 1.72. The van der Waals surface area contributed by atoms with E-state index in [1.54, 1.807) is 0 Å². The van der Waals surface area contributed by atoms with E-state index in [0.717, 1.165) is 18.7 Å². The zero-order chi connectivity index (χ0) is 12.9. The molecule has 2 nitrogen and oxygen atoms in total. The lowest BCUT2D eigenvalue weighted by Crippen LogP contribution is -2.36. The minimum atomic E-state index is -0.186. The Morgan fingerprint density at radius 1 is 1.29 bits per heavy atom. The van der Waals surface area contributed by atoms with Crippen molar-refractivity contribution in [2.24, 2.45) is 11.7 Å². The van der Waals surface area contributed by atoms with Crippen molar-refractivity contribution in [2.75, 3.05) is 19.6 Å². The van der Waals surface area contributed by atoms with Gasteiger partial charge < -0.3 is 11.1 Å². The highest BCUT2D eigenvalue weighted by molar-refractivity contribution is 5.24. The van der Waals surface area contributed by atoms with Crippen LogP contribution in [0.3, 0.4) is 0 Å². The summed E-state index contributed by atoms with van der Waals surface area (Å²) in [7, 11) is 0. The zero-order valence-electron chi connectivity index (χ0n) is 11.0. The van der Waals surface area contributed by atoms with E-state index in [4.69, 9.17) is 5.73 Å². The summed E-state index contributed by atoms with van der Waals surface area (Å²) in [6.07, 6.45) is 0. The summed E-state index contributed by atoms with van der Waals surface area (Å²) < 4.78 is 12.8. The van der Waals surface area contributed by atoms with Crippen LogP contribution in [0.15, 0.2) is 24.3 Å². The fraction of sp³-hybridized carbons (Fsp3) is 0.571. The Labute approximate surface area is 103 Å². The Morgan fingerprint density at radius 3 is 2.41 bits per heavy atom. The average Bonchev–Trinajstić information content (AvgIpc) is 2.29. The third-order valence-corrected chi connectivity index (χ3v) is 3.09. The van der Waals surface area contributed by atoms with Crippen molar-refractivity contribution in [3.8, 4) is 0 Å². The summed E-state index contributed by atoms with van der Waals surface area (Å²) >= 11 is 0. The molecule has 0 aromatic heterocycles. The molecular weight excluding hydrogens is 215 g/mol. The van der Waals surface area contributed by atoms with E-state index in [2.05, 4.69) is 26.1 Å². The SMILES string of the molecule is CC(CN)CNCC(C)(C)c1ccc(F)cc1. The lowest BCUT2D eigenvalue weighted by atomic mass is 9.84. The minimum Gasteiger partial charge on any atom is -0.330 e. The van der Waals surface area contributed by atoms with Gasteiger partial charge in [-0.25, -0.2) is 4.39 Å². The summed E-state index contributed by atoms with van der Waals surface area (Å²) in [5.74, 6) is 0.299. The van der Waals surface area contributed by atoms with E-state index in [1.807, 2.05) is 12.1 Å². The van der Waals surface area contributed by atoms with E-state index in [-0.39, 0.29) is 11.2 Å². The highest BCUT2D eigenvalue weighted by Gasteiger charge is 2.20. The Bertz CT molecular complexity index is 333. The number of halogens is 1. The number of rotatable bonds is 6. The van der Waals surface area contributed by atoms with Crippen LogP contribution in [0.2, 0.25) is 0 Å². The van der Waals surface area contributed by atoms with Gasteiger partial charge in [-0.15, -0.1) is 0 Å². The van der Waals surface area contributed by atoms with Crippen LogP contribution in [-0.2, 0) is 5.41 Å². The smallest absolute Gasteiger partial charge is 0.123 e. The largest absolute Gasteiger partial charge is 0.330 e. The predicted molar refractivity (Wildman–Crippen MR) is 70.5 cm³/mol. The monoisotopic (exact) mass is 238 g/mol. The lowest BCUT2D eigenvalue weighted by molar-refractivity contribution is 0.434. The zero-order valence-corrected chi connectivity index (χ0v) is 11.0. The summed E-state index contributed by atoms with van der Waals surface area (Å²) in [4.78, 5) is 0. The first-order chi connectivity index (χ1) is 7.95. The van der Waals surface area contributed by atoms with E-state index in [1.165, 1.54) is 12.1 Å². The molecule has 3 heteroatoms. The second kappa shape index (κ2) is 6.12. The number of hydrogen-bond donors (Lipinski definition) is 2. The van der Waals surface area contributed by atoms with Crippen LogP contribution >= 0.6 is 0 Å². The molecule has 1 aromatic carbocycles. The maximum Gasteiger partial charge on any atom is 0.123 e. The van der Waals surface area contributed by atoms with Crippen molar-refractivity contribution in [1.82, 2.24) is 5.32 Å². The molecule has 0 bridgehead atoms. The molecule has 0 radical (unpaired) electrons. The average molecular weight is 238 g/mol. The van der Waals surface area contributed by atoms with Gasteiger partial charge in [-0.05, 0) is 36.7 Å². The summed E-state index contributed by atoms with van der Waals surface area (Å²) in [6.45, 7) is 8.91.